The van der Waals surface area contributed by atoms with E-state index in [0.29, 0.717) is 17.4 Å². The van der Waals surface area contributed by atoms with Crippen molar-refractivity contribution in [3.05, 3.63) is 36.5 Å². The zero-order valence-corrected chi connectivity index (χ0v) is 43.4. The van der Waals surface area contributed by atoms with Crippen LogP contribution in [0, 0.1) is 0 Å². The molecular weight excluding hydrogens is 822 g/mol. The average molecular weight is 925 g/mol. The highest BCUT2D eigenvalue weighted by Gasteiger charge is 2.27. The molecule has 1 unspecified atom stereocenters. The van der Waals surface area contributed by atoms with Gasteiger partial charge < -0.3 is 18.9 Å². The van der Waals surface area contributed by atoms with Crippen LogP contribution < -0.4 is 0 Å². The molecule has 2 atom stereocenters. The first kappa shape index (κ1) is 62.2. The van der Waals surface area contributed by atoms with Crippen LogP contribution in [0.1, 0.15) is 245 Å². The van der Waals surface area contributed by atoms with Gasteiger partial charge in [-0.05, 0) is 44.9 Å². The molecule has 0 heterocycles. The summed E-state index contributed by atoms with van der Waals surface area (Å²) in [7, 11) is 1.45. The highest BCUT2D eigenvalue weighted by atomic mass is 31.2. The summed E-state index contributed by atoms with van der Waals surface area (Å²) in [5.74, 6) is -0.849. The molecule has 0 saturated carbocycles. The summed E-state index contributed by atoms with van der Waals surface area (Å²) in [6.07, 6.45) is 55.0. The first-order valence-corrected chi connectivity index (χ1v) is 28.2. The molecule has 0 rings (SSSR count). The topological polar surface area (TPSA) is 108 Å². The molecule has 0 aliphatic heterocycles. The molecule has 376 valence electrons. The van der Waals surface area contributed by atoms with Crippen LogP contribution in [-0.2, 0) is 32.7 Å². The van der Waals surface area contributed by atoms with Crippen LogP contribution in [0.25, 0.3) is 0 Å². The normalized spacial score (nSPS) is 13.7. The molecule has 0 amide bonds. The number of phosphoric ester groups is 1. The van der Waals surface area contributed by atoms with Gasteiger partial charge in [-0.25, -0.2) is 4.57 Å². The van der Waals surface area contributed by atoms with Crippen molar-refractivity contribution >= 4 is 19.8 Å². The van der Waals surface area contributed by atoms with Gasteiger partial charge in [0.2, 0.25) is 0 Å². The Bertz CT molecular complexity index is 1180. The van der Waals surface area contributed by atoms with Crippen LogP contribution in [0.5, 0.6) is 0 Å². The molecule has 10 heteroatoms. The number of hydrogen-bond donors (Lipinski definition) is 1. The standard InChI is InChI=1S/C54H102NO8P/c1-6-8-10-12-14-16-18-20-22-24-25-26-27-28-29-31-32-34-36-38-40-42-44-46-53(56)60-50-52(51-62-64(58,59)61-49-48-55(3,4)5)63-54(57)47-45-43-41-39-37-35-33-30-23-21-19-17-15-13-11-9-7-2/h21,23,33,35,39,41,52H,6-20,22,24-32,34,36-38,40,42-51H2,1-5H3/p+1/b23-21+,35-33+,41-39+/t52-/m0/s1. The molecule has 0 aliphatic rings. The van der Waals surface area contributed by atoms with Gasteiger partial charge in [0.25, 0.3) is 0 Å². The number of hydrogen-bond acceptors (Lipinski definition) is 7. The average Bonchev–Trinajstić information content (AvgIpc) is 3.25. The minimum absolute atomic E-state index is 0.0238. The molecule has 0 aromatic carbocycles. The summed E-state index contributed by atoms with van der Waals surface area (Å²) in [4.78, 5) is 35.5. The fraction of sp³-hybridized carbons (Fsp3) is 0.852. The Hall–Kier alpha value is -1.77. The predicted molar refractivity (Wildman–Crippen MR) is 270 cm³/mol. The van der Waals surface area contributed by atoms with Gasteiger partial charge in [0.15, 0.2) is 6.10 Å². The predicted octanol–water partition coefficient (Wildman–Crippen LogP) is 16.0. The van der Waals surface area contributed by atoms with Gasteiger partial charge in [-0.15, -0.1) is 0 Å². The summed E-state index contributed by atoms with van der Waals surface area (Å²) >= 11 is 0. The summed E-state index contributed by atoms with van der Waals surface area (Å²) in [5, 5.41) is 0. The van der Waals surface area contributed by atoms with E-state index in [2.05, 4.69) is 50.3 Å². The van der Waals surface area contributed by atoms with Gasteiger partial charge >= 0.3 is 19.8 Å². The Morgan fingerprint density at radius 2 is 0.859 bits per heavy atom. The van der Waals surface area contributed by atoms with E-state index in [-0.39, 0.29) is 32.0 Å². The minimum atomic E-state index is -4.39. The number of ether oxygens (including phenoxy) is 2. The molecule has 0 aromatic heterocycles. The number of esters is 2. The van der Waals surface area contributed by atoms with E-state index < -0.39 is 26.5 Å². The van der Waals surface area contributed by atoms with Crippen molar-refractivity contribution in [2.24, 2.45) is 0 Å². The molecular formula is C54H103NO8P+. The van der Waals surface area contributed by atoms with E-state index in [1.54, 1.807) is 0 Å². The SMILES string of the molecule is CCCCCCCC/C=C/C/C=C/C/C=C/CCCC(=O)O[C@@H](COC(=O)CCCCCCCCCCCCCCCCCCCCCCCCC)COP(=O)(O)OCC[N+](C)(C)C. The van der Waals surface area contributed by atoms with Gasteiger partial charge in [-0.2, -0.15) is 0 Å². The van der Waals surface area contributed by atoms with Crippen molar-refractivity contribution in [3.63, 3.8) is 0 Å². The quantitative estimate of drug-likeness (QED) is 0.0211. The van der Waals surface area contributed by atoms with E-state index in [1.807, 2.05) is 21.1 Å². The van der Waals surface area contributed by atoms with E-state index in [1.165, 1.54) is 167 Å². The maximum absolute atomic E-state index is 12.7. The third-order valence-corrected chi connectivity index (χ3v) is 12.7. The number of carbonyl (C=O) groups excluding carboxylic acids is 2. The van der Waals surface area contributed by atoms with Gasteiger partial charge in [0.05, 0.1) is 27.7 Å². The molecule has 9 nitrogen and oxygen atoms in total. The Balaban J connectivity index is 4.23. The van der Waals surface area contributed by atoms with E-state index >= 15 is 0 Å². The number of quaternary nitrogens is 1. The van der Waals surface area contributed by atoms with Crippen molar-refractivity contribution in [1.82, 2.24) is 0 Å². The van der Waals surface area contributed by atoms with Crippen LogP contribution in [0.3, 0.4) is 0 Å². The first-order valence-electron chi connectivity index (χ1n) is 26.7. The second-order valence-electron chi connectivity index (χ2n) is 19.3. The van der Waals surface area contributed by atoms with Crippen molar-refractivity contribution in [3.8, 4) is 0 Å². The molecule has 0 bridgehead atoms. The second kappa shape index (κ2) is 46.3. The molecule has 0 aliphatic carbocycles. The van der Waals surface area contributed by atoms with Gasteiger partial charge in [-0.1, -0.05) is 224 Å². The van der Waals surface area contributed by atoms with E-state index in [4.69, 9.17) is 18.5 Å². The number of nitrogens with zero attached hydrogens (tertiary/aromatic N) is 1. The molecule has 1 N–H and O–H groups in total. The van der Waals surface area contributed by atoms with Crippen molar-refractivity contribution in [2.75, 3.05) is 47.5 Å². The number of unbranched alkanes of at least 4 members (excludes halogenated alkanes) is 29. The minimum Gasteiger partial charge on any atom is -0.462 e. The van der Waals surface area contributed by atoms with Gasteiger partial charge in [-0.3, -0.25) is 18.6 Å². The van der Waals surface area contributed by atoms with Crippen LogP contribution in [0.2, 0.25) is 0 Å². The van der Waals surface area contributed by atoms with E-state index in [9.17, 15) is 19.0 Å². The molecule has 0 radical (unpaired) electrons. The third-order valence-electron chi connectivity index (χ3n) is 11.7. The molecule has 0 saturated heterocycles. The Labute approximate surface area is 395 Å². The number of allylic oxidation sites excluding steroid dienone is 6. The van der Waals surface area contributed by atoms with Gasteiger partial charge in [0.1, 0.15) is 19.8 Å². The van der Waals surface area contributed by atoms with E-state index in [0.717, 1.165) is 44.9 Å². The fourth-order valence-electron chi connectivity index (χ4n) is 7.50. The summed E-state index contributed by atoms with van der Waals surface area (Å²) < 4.78 is 34.4. The van der Waals surface area contributed by atoms with Crippen LogP contribution in [0.4, 0.5) is 0 Å². The number of carbonyl (C=O) groups is 2. The van der Waals surface area contributed by atoms with Crippen molar-refractivity contribution in [1.29, 1.82) is 0 Å². The zero-order valence-electron chi connectivity index (χ0n) is 42.5. The lowest BCUT2D eigenvalue weighted by Crippen LogP contribution is -2.37. The molecule has 0 spiro atoms. The maximum Gasteiger partial charge on any atom is 0.472 e. The number of phosphoric acid groups is 1. The van der Waals surface area contributed by atoms with Crippen LogP contribution >= 0.6 is 7.82 Å². The maximum atomic E-state index is 12.7. The Kier molecular flexibility index (Phi) is 45.1. The highest BCUT2D eigenvalue weighted by Crippen LogP contribution is 2.43. The number of rotatable bonds is 49. The molecule has 0 fully saturated rings. The van der Waals surface area contributed by atoms with Crippen LogP contribution in [-0.4, -0.2) is 74.9 Å². The zero-order chi connectivity index (χ0) is 47.1. The summed E-state index contributed by atoms with van der Waals surface area (Å²) in [6, 6.07) is 0. The Morgan fingerprint density at radius 3 is 1.30 bits per heavy atom. The second-order valence-corrected chi connectivity index (χ2v) is 20.7. The molecule has 0 aromatic rings. The number of likely N-dealkylation sites (N-methyl/N-ethyl adjacent to an activating group) is 1. The van der Waals surface area contributed by atoms with Crippen molar-refractivity contribution < 1.29 is 42.1 Å². The fourth-order valence-corrected chi connectivity index (χ4v) is 8.24. The lowest BCUT2D eigenvalue weighted by atomic mass is 10.0. The molecule has 64 heavy (non-hydrogen) atoms. The summed E-state index contributed by atoms with van der Waals surface area (Å²) in [6.45, 7) is 4.40. The monoisotopic (exact) mass is 925 g/mol. The lowest BCUT2D eigenvalue weighted by molar-refractivity contribution is -0.870. The Morgan fingerprint density at radius 1 is 0.484 bits per heavy atom. The summed E-state index contributed by atoms with van der Waals surface area (Å²) in [5.41, 5.74) is 0. The smallest absolute Gasteiger partial charge is 0.462 e. The van der Waals surface area contributed by atoms with Crippen molar-refractivity contribution in [2.45, 2.75) is 251 Å². The lowest BCUT2D eigenvalue weighted by Gasteiger charge is -2.24. The van der Waals surface area contributed by atoms with Gasteiger partial charge in [0, 0.05) is 12.8 Å². The van der Waals surface area contributed by atoms with Crippen LogP contribution in [0.15, 0.2) is 36.5 Å². The third kappa shape index (κ3) is 49.7. The largest absolute Gasteiger partial charge is 0.472 e. The highest BCUT2D eigenvalue weighted by molar-refractivity contribution is 7.47. The first-order chi connectivity index (χ1) is 31.0.